The average Bonchev–Trinajstić information content (AvgIpc) is 2.59. The van der Waals surface area contributed by atoms with Crippen LogP contribution in [0.2, 0.25) is 5.15 Å². The summed E-state index contributed by atoms with van der Waals surface area (Å²) >= 11 is 7.19. The van der Waals surface area contributed by atoms with Crippen LogP contribution in [0.1, 0.15) is 0 Å². The third-order valence-electron chi connectivity index (χ3n) is 1.95. The Labute approximate surface area is 88.5 Å². The van der Waals surface area contributed by atoms with Gasteiger partial charge in [0.05, 0.1) is 10.7 Å². The third kappa shape index (κ3) is 1.31. The lowest BCUT2D eigenvalue weighted by Crippen LogP contribution is -2.34. The lowest BCUT2D eigenvalue weighted by atomic mass is 10.4. The SMILES string of the molecule is O=[N+]([O-])c1cc(Cl)[n+]2c(c1O)SCC2. The monoisotopic (exact) mass is 233 g/mol. The van der Waals surface area contributed by atoms with Crippen LogP contribution >= 0.6 is 23.4 Å². The molecule has 0 saturated heterocycles. The summed E-state index contributed by atoms with van der Waals surface area (Å²) in [5.41, 5.74) is -0.337. The lowest BCUT2D eigenvalue weighted by molar-refractivity contribution is -0.722. The molecule has 2 rings (SSSR count). The van der Waals surface area contributed by atoms with E-state index < -0.39 is 4.92 Å². The normalized spacial score (nSPS) is 14.1. The fraction of sp³-hybridized carbons (Fsp3) is 0.286. The first-order valence-corrected chi connectivity index (χ1v) is 5.20. The van der Waals surface area contributed by atoms with E-state index in [1.807, 2.05) is 0 Å². The molecule has 1 aromatic rings. The Morgan fingerprint density at radius 1 is 1.71 bits per heavy atom. The van der Waals surface area contributed by atoms with Crippen LogP contribution in [0.25, 0.3) is 0 Å². The van der Waals surface area contributed by atoms with Crippen molar-refractivity contribution in [1.82, 2.24) is 0 Å². The highest BCUT2D eigenvalue weighted by atomic mass is 35.5. The Morgan fingerprint density at radius 2 is 2.43 bits per heavy atom. The number of aromatic nitrogens is 1. The first-order chi connectivity index (χ1) is 6.61. The Bertz CT molecular complexity index is 424. The first kappa shape index (κ1) is 9.54. The van der Waals surface area contributed by atoms with E-state index in [-0.39, 0.29) is 16.6 Å². The van der Waals surface area contributed by atoms with Gasteiger partial charge < -0.3 is 5.11 Å². The summed E-state index contributed by atoms with van der Waals surface area (Å²) in [7, 11) is 0. The van der Waals surface area contributed by atoms with E-state index in [0.29, 0.717) is 11.6 Å². The molecule has 0 aromatic carbocycles. The molecule has 0 aliphatic carbocycles. The van der Waals surface area contributed by atoms with Crippen molar-refractivity contribution in [1.29, 1.82) is 0 Å². The van der Waals surface area contributed by atoms with Gasteiger partial charge in [-0.15, -0.1) is 0 Å². The fourth-order valence-electron chi connectivity index (χ4n) is 1.32. The average molecular weight is 234 g/mol. The van der Waals surface area contributed by atoms with Gasteiger partial charge in [0.1, 0.15) is 6.07 Å². The number of nitrogens with zero attached hydrogens (tertiary/aromatic N) is 2. The van der Waals surface area contributed by atoms with E-state index in [1.54, 1.807) is 4.57 Å². The van der Waals surface area contributed by atoms with Crippen molar-refractivity contribution in [3.8, 4) is 5.75 Å². The van der Waals surface area contributed by atoms with Gasteiger partial charge in [-0.05, 0) is 23.4 Å². The Morgan fingerprint density at radius 3 is 3.07 bits per heavy atom. The molecule has 0 radical (unpaired) electrons. The largest absolute Gasteiger partial charge is 0.497 e. The topological polar surface area (TPSA) is 67.2 Å². The zero-order valence-electron chi connectivity index (χ0n) is 6.94. The second-order valence-electron chi connectivity index (χ2n) is 2.76. The molecule has 0 unspecified atom stereocenters. The van der Waals surface area contributed by atoms with Crippen molar-refractivity contribution in [3.05, 3.63) is 21.3 Å². The highest BCUT2D eigenvalue weighted by molar-refractivity contribution is 7.99. The molecule has 7 heteroatoms. The quantitative estimate of drug-likeness (QED) is 0.344. The molecule has 0 amide bonds. The molecule has 1 aromatic heterocycles. The molecule has 0 saturated carbocycles. The minimum absolute atomic E-state index is 0.287. The van der Waals surface area contributed by atoms with Gasteiger partial charge in [-0.2, -0.15) is 4.57 Å². The third-order valence-corrected chi connectivity index (χ3v) is 3.34. The summed E-state index contributed by atoms with van der Waals surface area (Å²) in [6, 6.07) is 1.17. The highest BCUT2D eigenvalue weighted by Crippen LogP contribution is 2.37. The summed E-state index contributed by atoms with van der Waals surface area (Å²) in [5.74, 6) is 0.482. The summed E-state index contributed by atoms with van der Waals surface area (Å²) in [5, 5.41) is 20.9. The predicted molar refractivity (Wildman–Crippen MR) is 50.7 cm³/mol. The Balaban J connectivity index is 2.68. The molecule has 5 nitrogen and oxygen atoms in total. The number of hydrogen-bond donors (Lipinski definition) is 1. The van der Waals surface area contributed by atoms with Gasteiger partial charge in [0.15, 0.2) is 6.54 Å². The number of pyridine rings is 1. The van der Waals surface area contributed by atoms with Gasteiger partial charge >= 0.3 is 5.69 Å². The van der Waals surface area contributed by atoms with Gasteiger partial charge in [-0.1, -0.05) is 0 Å². The Kier molecular flexibility index (Phi) is 2.24. The maximum absolute atomic E-state index is 10.5. The van der Waals surface area contributed by atoms with E-state index in [2.05, 4.69) is 0 Å². The summed E-state index contributed by atoms with van der Waals surface area (Å²) < 4.78 is 1.66. The number of rotatable bonds is 1. The van der Waals surface area contributed by atoms with Crippen molar-refractivity contribution >= 4 is 29.1 Å². The molecule has 74 valence electrons. The maximum atomic E-state index is 10.5. The molecule has 0 atom stereocenters. The van der Waals surface area contributed by atoms with Gasteiger partial charge in [0, 0.05) is 0 Å². The van der Waals surface area contributed by atoms with Crippen molar-refractivity contribution < 1.29 is 14.6 Å². The number of aromatic hydroxyl groups is 1. The molecule has 14 heavy (non-hydrogen) atoms. The van der Waals surface area contributed by atoms with Crippen molar-refractivity contribution in [2.45, 2.75) is 11.6 Å². The fourth-order valence-corrected chi connectivity index (χ4v) is 2.70. The molecule has 1 N–H and O–H groups in total. The molecular formula is C7H6ClN2O3S+. The van der Waals surface area contributed by atoms with Crippen LogP contribution < -0.4 is 4.57 Å². The molecule has 0 bridgehead atoms. The summed E-state index contributed by atoms with van der Waals surface area (Å²) in [4.78, 5) is 9.90. The molecule has 2 heterocycles. The number of halogens is 1. The number of fused-ring (bicyclic) bond motifs is 1. The van der Waals surface area contributed by atoms with E-state index in [1.165, 1.54) is 17.8 Å². The smallest absolute Gasteiger partial charge is 0.326 e. The molecule has 1 aliphatic rings. The standard InChI is InChI=1S/C7H5ClN2O3S/c8-5-3-4(10(12)13)6(11)7-9(5)1-2-14-7/h3H,1-2H2/p+1. The molecular weight excluding hydrogens is 228 g/mol. The summed E-state index contributed by atoms with van der Waals surface area (Å²) in [6.45, 7) is 0.671. The first-order valence-electron chi connectivity index (χ1n) is 3.83. The minimum atomic E-state index is -0.638. The number of nitro groups is 1. The van der Waals surface area contributed by atoms with Crippen LogP contribution in [0, 0.1) is 10.1 Å². The summed E-state index contributed by atoms with van der Waals surface area (Å²) in [6.07, 6.45) is 0. The van der Waals surface area contributed by atoms with Crippen LogP contribution in [0.4, 0.5) is 5.69 Å². The van der Waals surface area contributed by atoms with Crippen LogP contribution in [0.5, 0.6) is 5.75 Å². The van der Waals surface area contributed by atoms with Crippen molar-refractivity contribution in [2.24, 2.45) is 0 Å². The van der Waals surface area contributed by atoms with Gasteiger partial charge in [0.25, 0.3) is 15.9 Å². The van der Waals surface area contributed by atoms with Crippen molar-refractivity contribution in [2.75, 3.05) is 5.75 Å². The zero-order valence-corrected chi connectivity index (χ0v) is 8.51. The van der Waals surface area contributed by atoms with Gasteiger partial charge in [-0.25, -0.2) is 0 Å². The van der Waals surface area contributed by atoms with Crippen LogP contribution in [0.3, 0.4) is 0 Å². The second-order valence-corrected chi connectivity index (χ2v) is 4.23. The molecule has 0 fully saturated rings. The molecule has 1 aliphatic heterocycles. The second kappa shape index (κ2) is 3.29. The van der Waals surface area contributed by atoms with Crippen LogP contribution in [0.15, 0.2) is 11.1 Å². The number of thioether (sulfide) groups is 1. The van der Waals surface area contributed by atoms with Gasteiger partial charge in [-0.3, -0.25) is 10.1 Å². The zero-order chi connectivity index (χ0) is 10.3. The molecule has 0 spiro atoms. The van der Waals surface area contributed by atoms with E-state index >= 15 is 0 Å². The van der Waals surface area contributed by atoms with E-state index in [9.17, 15) is 15.2 Å². The number of hydrogen-bond acceptors (Lipinski definition) is 4. The van der Waals surface area contributed by atoms with Crippen LogP contribution in [-0.2, 0) is 6.54 Å². The predicted octanol–water partition coefficient (Wildman–Crippen LogP) is 1.35. The van der Waals surface area contributed by atoms with Crippen LogP contribution in [-0.4, -0.2) is 15.8 Å². The minimum Gasteiger partial charge on any atom is -0.497 e. The lowest BCUT2D eigenvalue weighted by Gasteiger charge is -1.98. The highest BCUT2D eigenvalue weighted by Gasteiger charge is 2.34. The van der Waals surface area contributed by atoms with Crippen molar-refractivity contribution in [3.63, 3.8) is 0 Å². The van der Waals surface area contributed by atoms with E-state index in [4.69, 9.17) is 11.6 Å². The van der Waals surface area contributed by atoms with E-state index in [0.717, 1.165) is 5.75 Å². The van der Waals surface area contributed by atoms with Gasteiger partial charge in [0.2, 0.25) is 0 Å². The Hall–Kier alpha value is -1.01. The maximum Gasteiger partial charge on any atom is 0.326 e.